The standard InChI is InChI=1S/C6H16N2O2/c1-4(7)10-6(3)8-5(2)9/h4-6,8-9H,7H2,1-3H3. The Balaban J connectivity index is 3.34. The van der Waals surface area contributed by atoms with Gasteiger partial charge in [0, 0.05) is 0 Å². The first-order valence-corrected chi connectivity index (χ1v) is 3.37. The van der Waals surface area contributed by atoms with Gasteiger partial charge in [0.25, 0.3) is 0 Å². The van der Waals surface area contributed by atoms with Gasteiger partial charge in [0.15, 0.2) is 0 Å². The molecule has 0 aliphatic heterocycles. The van der Waals surface area contributed by atoms with E-state index in [1.165, 1.54) is 0 Å². The van der Waals surface area contributed by atoms with Crippen LogP contribution in [-0.4, -0.2) is 23.8 Å². The Labute approximate surface area is 61.4 Å². The van der Waals surface area contributed by atoms with Crippen molar-refractivity contribution in [3.63, 3.8) is 0 Å². The molecule has 0 aliphatic carbocycles. The molecule has 0 aromatic heterocycles. The maximum absolute atomic E-state index is 8.80. The first-order chi connectivity index (χ1) is 4.52. The van der Waals surface area contributed by atoms with Crippen molar-refractivity contribution in [1.82, 2.24) is 5.32 Å². The summed E-state index contributed by atoms with van der Waals surface area (Å²) in [5, 5.41) is 11.5. The lowest BCUT2D eigenvalue weighted by atomic mass is 10.5. The Bertz CT molecular complexity index is 75.8. The van der Waals surface area contributed by atoms with Crippen LogP contribution in [0.3, 0.4) is 0 Å². The van der Waals surface area contributed by atoms with Crippen LogP contribution in [0.5, 0.6) is 0 Å². The fourth-order valence-corrected chi connectivity index (χ4v) is 0.701. The van der Waals surface area contributed by atoms with Gasteiger partial charge in [-0.05, 0) is 20.8 Å². The maximum Gasteiger partial charge on any atom is 0.109 e. The molecule has 4 N–H and O–H groups in total. The molecule has 0 fully saturated rings. The smallest absolute Gasteiger partial charge is 0.109 e. The van der Waals surface area contributed by atoms with Gasteiger partial charge >= 0.3 is 0 Å². The molecule has 0 aromatic carbocycles. The zero-order valence-electron chi connectivity index (χ0n) is 6.66. The van der Waals surface area contributed by atoms with E-state index in [9.17, 15) is 0 Å². The van der Waals surface area contributed by atoms with Crippen LogP contribution in [0.25, 0.3) is 0 Å². The number of nitrogens with one attached hydrogen (secondary N) is 1. The summed E-state index contributed by atoms with van der Waals surface area (Å²) in [6, 6.07) is 0. The van der Waals surface area contributed by atoms with Gasteiger partial charge in [-0.3, -0.25) is 5.32 Å². The van der Waals surface area contributed by atoms with Crippen LogP contribution in [0.2, 0.25) is 0 Å². The number of ether oxygens (including phenoxy) is 1. The summed E-state index contributed by atoms with van der Waals surface area (Å²) in [5.74, 6) is 0. The van der Waals surface area contributed by atoms with Crippen molar-refractivity contribution in [2.45, 2.75) is 39.5 Å². The van der Waals surface area contributed by atoms with Gasteiger partial charge in [0.05, 0.1) is 0 Å². The zero-order valence-corrected chi connectivity index (χ0v) is 6.66. The monoisotopic (exact) mass is 148 g/mol. The van der Waals surface area contributed by atoms with E-state index >= 15 is 0 Å². The number of aliphatic hydroxyl groups excluding tert-OH is 1. The number of nitrogens with two attached hydrogens (primary N) is 1. The highest BCUT2D eigenvalue weighted by atomic mass is 16.5. The second kappa shape index (κ2) is 4.62. The van der Waals surface area contributed by atoms with Crippen LogP contribution >= 0.6 is 0 Å². The third-order valence-electron chi connectivity index (χ3n) is 0.895. The zero-order chi connectivity index (χ0) is 8.15. The third-order valence-corrected chi connectivity index (χ3v) is 0.895. The van der Waals surface area contributed by atoms with Crippen molar-refractivity contribution in [2.24, 2.45) is 5.73 Å². The quantitative estimate of drug-likeness (QED) is 0.474. The summed E-state index contributed by atoms with van der Waals surface area (Å²) in [7, 11) is 0. The molecule has 0 aromatic rings. The van der Waals surface area contributed by atoms with Gasteiger partial charge in [0.2, 0.25) is 0 Å². The molecule has 0 aliphatic rings. The molecule has 0 saturated heterocycles. The minimum Gasteiger partial charge on any atom is -0.379 e. The molecule has 0 saturated carbocycles. The Morgan fingerprint density at radius 1 is 1.40 bits per heavy atom. The predicted octanol–water partition coefficient (Wildman–Crippen LogP) is -0.418. The number of hydrogen-bond acceptors (Lipinski definition) is 4. The van der Waals surface area contributed by atoms with E-state index in [4.69, 9.17) is 15.6 Å². The van der Waals surface area contributed by atoms with Gasteiger partial charge < -0.3 is 15.6 Å². The van der Waals surface area contributed by atoms with Crippen LogP contribution in [-0.2, 0) is 4.74 Å². The van der Waals surface area contributed by atoms with Gasteiger partial charge in [0.1, 0.15) is 18.7 Å². The van der Waals surface area contributed by atoms with E-state index in [0.29, 0.717) is 0 Å². The Hall–Kier alpha value is -0.160. The molecule has 10 heavy (non-hydrogen) atoms. The molecule has 4 heteroatoms. The fourth-order valence-electron chi connectivity index (χ4n) is 0.701. The summed E-state index contributed by atoms with van der Waals surface area (Å²) in [4.78, 5) is 0. The van der Waals surface area contributed by atoms with E-state index < -0.39 is 6.23 Å². The van der Waals surface area contributed by atoms with E-state index in [2.05, 4.69) is 5.32 Å². The van der Waals surface area contributed by atoms with E-state index in [1.54, 1.807) is 20.8 Å². The topological polar surface area (TPSA) is 67.5 Å². The minimum atomic E-state index is -0.561. The molecule has 3 atom stereocenters. The van der Waals surface area contributed by atoms with E-state index in [0.717, 1.165) is 0 Å². The summed E-state index contributed by atoms with van der Waals surface area (Å²) < 4.78 is 5.07. The van der Waals surface area contributed by atoms with Crippen LogP contribution in [0.4, 0.5) is 0 Å². The van der Waals surface area contributed by atoms with Crippen molar-refractivity contribution in [2.75, 3.05) is 0 Å². The van der Waals surface area contributed by atoms with Gasteiger partial charge in [-0.25, -0.2) is 0 Å². The molecule has 0 heterocycles. The molecule has 62 valence electrons. The Morgan fingerprint density at radius 3 is 2.20 bits per heavy atom. The summed E-state index contributed by atoms with van der Waals surface area (Å²) >= 11 is 0. The Morgan fingerprint density at radius 2 is 1.90 bits per heavy atom. The highest BCUT2D eigenvalue weighted by molar-refractivity contribution is 4.49. The summed E-state index contributed by atoms with van der Waals surface area (Å²) in [6.45, 7) is 5.15. The molecule has 0 radical (unpaired) electrons. The number of rotatable bonds is 4. The molecule has 4 nitrogen and oxygen atoms in total. The Kier molecular flexibility index (Phi) is 4.55. The number of aliphatic hydroxyl groups is 1. The molecular formula is C6H16N2O2. The SMILES string of the molecule is CC(O)NC(C)OC(C)N. The van der Waals surface area contributed by atoms with Crippen molar-refractivity contribution < 1.29 is 9.84 Å². The summed E-state index contributed by atoms with van der Waals surface area (Å²) in [5.41, 5.74) is 5.33. The van der Waals surface area contributed by atoms with E-state index in [-0.39, 0.29) is 12.5 Å². The normalized spacial score (nSPS) is 20.1. The lowest BCUT2D eigenvalue weighted by Crippen LogP contribution is -2.39. The minimum absolute atomic E-state index is 0.208. The highest BCUT2D eigenvalue weighted by Gasteiger charge is 2.05. The molecule has 0 amide bonds. The van der Waals surface area contributed by atoms with Gasteiger partial charge in [-0.1, -0.05) is 0 Å². The lowest BCUT2D eigenvalue weighted by molar-refractivity contribution is -0.0350. The van der Waals surface area contributed by atoms with E-state index in [1.807, 2.05) is 0 Å². The first kappa shape index (κ1) is 9.84. The highest BCUT2D eigenvalue weighted by Crippen LogP contribution is 1.89. The van der Waals surface area contributed by atoms with Crippen LogP contribution < -0.4 is 11.1 Å². The van der Waals surface area contributed by atoms with Crippen molar-refractivity contribution in [3.05, 3.63) is 0 Å². The molecule has 0 spiro atoms. The molecule has 0 bridgehead atoms. The first-order valence-electron chi connectivity index (χ1n) is 3.37. The predicted molar refractivity (Wildman–Crippen MR) is 39.0 cm³/mol. The summed E-state index contributed by atoms with van der Waals surface area (Å²) in [6.07, 6.45) is -1.07. The second-order valence-electron chi connectivity index (χ2n) is 2.33. The lowest BCUT2D eigenvalue weighted by Gasteiger charge is -2.18. The maximum atomic E-state index is 8.80. The molecule has 3 unspecified atom stereocenters. The second-order valence-corrected chi connectivity index (χ2v) is 2.33. The van der Waals surface area contributed by atoms with Crippen LogP contribution in [0.1, 0.15) is 20.8 Å². The van der Waals surface area contributed by atoms with Gasteiger partial charge in [-0.2, -0.15) is 0 Å². The average Bonchev–Trinajstić information content (AvgIpc) is 1.58. The van der Waals surface area contributed by atoms with Crippen molar-refractivity contribution >= 4 is 0 Å². The molecular weight excluding hydrogens is 132 g/mol. The average molecular weight is 148 g/mol. The van der Waals surface area contributed by atoms with Crippen LogP contribution in [0.15, 0.2) is 0 Å². The van der Waals surface area contributed by atoms with Gasteiger partial charge in [-0.15, -0.1) is 0 Å². The van der Waals surface area contributed by atoms with Crippen molar-refractivity contribution in [3.8, 4) is 0 Å². The number of hydrogen-bond donors (Lipinski definition) is 3. The third kappa shape index (κ3) is 5.97. The fraction of sp³-hybridized carbons (Fsp3) is 1.00. The largest absolute Gasteiger partial charge is 0.379 e. The van der Waals surface area contributed by atoms with Crippen LogP contribution in [0, 0.1) is 0 Å². The van der Waals surface area contributed by atoms with Crippen molar-refractivity contribution in [1.29, 1.82) is 0 Å². The molecule has 0 rings (SSSR count).